The van der Waals surface area contributed by atoms with Gasteiger partial charge in [-0.1, -0.05) is 124 Å². The minimum Gasteiger partial charge on any atom is -0.0651 e. The van der Waals surface area contributed by atoms with Crippen LogP contribution in [0.5, 0.6) is 0 Å². The van der Waals surface area contributed by atoms with Gasteiger partial charge >= 0.3 is 0 Å². The number of rotatable bonds is 5. The lowest BCUT2D eigenvalue weighted by Gasteiger charge is -2.24. The molecule has 35 heavy (non-hydrogen) atoms. The molecule has 6 rings (SSSR count). The molecule has 0 bridgehead atoms. The van der Waals surface area contributed by atoms with Gasteiger partial charge in [0.25, 0.3) is 0 Å². The molecule has 0 fully saturated rings. The molecule has 0 heterocycles. The first kappa shape index (κ1) is 21.9. The monoisotopic (exact) mass is 452 g/mol. The molecule has 0 aliphatic heterocycles. The van der Waals surface area contributed by atoms with Gasteiger partial charge in [-0.3, -0.25) is 0 Å². The van der Waals surface area contributed by atoms with E-state index in [0.29, 0.717) is 5.92 Å². The van der Waals surface area contributed by atoms with Gasteiger partial charge in [0, 0.05) is 5.92 Å². The minimum absolute atomic E-state index is 0.249. The van der Waals surface area contributed by atoms with E-state index in [0.717, 1.165) is 6.42 Å². The summed E-state index contributed by atoms with van der Waals surface area (Å²) < 4.78 is 0. The zero-order valence-electron chi connectivity index (χ0n) is 20.9. The second-order valence-electron chi connectivity index (χ2n) is 10.2. The average Bonchev–Trinajstić information content (AvgIpc) is 2.91. The molecule has 6 aromatic carbocycles. The number of hydrogen-bond acceptors (Lipinski definition) is 0. The maximum atomic E-state index is 2.41. The molecule has 0 heteroatoms. The topological polar surface area (TPSA) is 0 Å². The van der Waals surface area contributed by atoms with Crippen LogP contribution in [-0.4, -0.2) is 0 Å². The van der Waals surface area contributed by atoms with Crippen LogP contribution in [0.4, 0.5) is 0 Å². The first-order chi connectivity index (χ1) is 17.2. The third-order valence-electron chi connectivity index (χ3n) is 8.01. The van der Waals surface area contributed by atoms with Crippen molar-refractivity contribution >= 4 is 43.1 Å². The highest BCUT2D eigenvalue weighted by molar-refractivity contribution is 6.09. The molecule has 2 atom stereocenters. The quantitative estimate of drug-likeness (QED) is 0.228. The molecule has 0 radical (unpaired) electrons. The molecule has 0 aliphatic carbocycles. The Bertz CT molecular complexity index is 1580. The molecule has 0 amide bonds. The van der Waals surface area contributed by atoms with Crippen molar-refractivity contribution in [3.05, 3.63) is 120 Å². The molecule has 0 aromatic heterocycles. The summed E-state index contributed by atoms with van der Waals surface area (Å²) in [6, 6.07) is 38.3. The highest BCUT2D eigenvalue weighted by atomic mass is 14.3. The van der Waals surface area contributed by atoms with E-state index in [9.17, 15) is 0 Å². The number of fused-ring (bicyclic) bond motifs is 4. The van der Waals surface area contributed by atoms with E-state index in [1.165, 1.54) is 66.2 Å². The summed E-state index contributed by atoms with van der Waals surface area (Å²) in [6.45, 7) is 7.09. The van der Waals surface area contributed by atoms with Crippen LogP contribution in [0.25, 0.3) is 43.1 Å². The minimum atomic E-state index is 0.249. The Morgan fingerprint density at radius 2 is 0.914 bits per heavy atom. The summed E-state index contributed by atoms with van der Waals surface area (Å²) in [6.07, 6.45) is 2.31. The summed E-state index contributed by atoms with van der Waals surface area (Å²) in [5.41, 5.74) is 4.39. The summed E-state index contributed by atoms with van der Waals surface area (Å²) >= 11 is 0. The van der Waals surface area contributed by atoms with Crippen molar-refractivity contribution in [1.29, 1.82) is 0 Å². The normalized spacial score (nSPS) is 13.6. The van der Waals surface area contributed by atoms with Crippen LogP contribution in [0.15, 0.2) is 103 Å². The maximum Gasteiger partial charge on any atom is 0.00856 e. The van der Waals surface area contributed by atoms with Gasteiger partial charge in [-0.25, -0.2) is 0 Å². The first-order valence-electron chi connectivity index (χ1n) is 13.0. The molecule has 0 saturated carbocycles. The van der Waals surface area contributed by atoms with Gasteiger partial charge in [-0.05, 0) is 78.2 Å². The second kappa shape index (κ2) is 8.86. The largest absolute Gasteiger partial charge is 0.0651 e. The Hall–Kier alpha value is -3.64. The van der Waals surface area contributed by atoms with E-state index in [1.807, 2.05) is 0 Å². The third kappa shape index (κ3) is 3.60. The fourth-order valence-electron chi connectivity index (χ4n) is 6.09. The highest BCUT2D eigenvalue weighted by Crippen LogP contribution is 2.44. The van der Waals surface area contributed by atoms with Crippen LogP contribution in [0.2, 0.25) is 0 Å². The van der Waals surface area contributed by atoms with Gasteiger partial charge in [-0.15, -0.1) is 0 Å². The van der Waals surface area contributed by atoms with Crippen molar-refractivity contribution in [2.24, 2.45) is 5.92 Å². The van der Waals surface area contributed by atoms with Crippen molar-refractivity contribution < 1.29 is 0 Å². The highest BCUT2D eigenvalue weighted by Gasteiger charge is 2.22. The Balaban J connectivity index is 1.73. The fraction of sp³-hybridized carbons (Fsp3) is 0.200. The lowest BCUT2D eigenvalue weighted by Crippen LogP contribution is -2.05. The van der Waals surface area contributed by atoms with Crippen molar-refractivity contribution in [2.45, 2.75) is 39.5 Å². The molecule has 2 unspecified atom stereocenters. The van der Waals surface area contributed by atoms with Crippen LogP contribution in [0, 0.1) is 5.92 Å². The van der Waals surface area contributed by atoms with Crippen molar-refractivity contribution in [3.8, 4) is 0 Å². The van der Waals surface area contributed by atoms with Crippen LogP contribution >= 0.6 is 0 Å². The van der Waals surface area contributed by atoms with E-state index in [1.54, 1.807) is 0 Å². The average molecular weight is 453 g/mol. The smallest absolute Gasteiger partial charge is 0.00856 e. The predicted molar refractivity (Wildman–Crippen MR) is 154 cm³/mol. The molecular weight excluding hydrogens is 420 g/mol. The molecule has 0 saturated heterocycles. The zero-order valence-corrected chi connectivity index (χ0v) is 20.9. The second-order valence-corrected chi connectivity index (χ2v) is 10.2. The Labute approximate surface area is 208 Å². The van der Waals surface area contributed by atoms with Gasteiger partial charge < -0.3 is 0 Å². The van der Waals surface area contributed by atoms with Crippen LogP contribution in [0.3, 0.4) is 0 Å². The SMILES string of the molecule is CCC(C)Cc1c2ccccc2c(C(C)c2c3ccccc3cc3ccccc23)c2ccccc12. The summed E-state index contributed by atoms with van der Waals surface area (Å²) in [5, 5.41) is 11.0. The van der Waals surface area contributed by atoms with E-state index in [2.05, 4.69) is 124 Å². The lowest BCUT2D eigenvalue weighted by atomic mass is 9.79. The third-order valence-corrected chi connectivity index (χ3v) is 8.01. The standard InChI is InChI=1S/C35H32/c1-4-23(2)21-33-29-17-9-11-19-31(29)35(32-20-12-10-18-30(32)33)24(3)34-27-15-7-5-13-25(27)22-26-14-6-8-16-28(26)34/h5-20,22-24H,4,21H2,1-3H3. The maximum absolute atomic E-state index is 2.41. The predicted octanol–water partition coefficient (Wildman–Crippen LogP) is 10.0. The van der Waals surface area contributed by atoms with Crippen LogP contribution in [-0.2, 0) is 6.42 Å². The molecule has 0 nitrogen and oxygen atoms in total. The number of hydrogen-bond donors (Lipinski definition) is 0. The Kier molecular flexibility index (Phi) is 5.53. The van der Waals surface area contributed by atoms with Gasteiger partial charge in [0.15, 0.2) is 0 Å². The first-order valence-corrected chi connectivity index (χ1v) is 13.0. The van der Waals surface area contributed by atoms with Crippen LogP contribution < -0.4 is 0 Å². The van der Waals surface area contributed by atoms with Gasteiger partial charge in [0.2, 0.25) is 0 Å². The van der Waals surface area contributed by atoms with Crippen LogP contribution in [0.1, 0.15) is 49.8 Å². The molecule has 0 spiro atoms. The molecule has 6 aromatic rings. The fourth-order valence-corrected chi connectivity index (χ4v) is 6.09. The van der Waals surface area contributed by atoms with E-state index in [4.69, 9.17) is 0 Å². The Morgan fingerprint density at radius 1 is 0.514 bits per heavy atom. The number of benzene rings is 6. The van der Waals surface area contributed by atoms with E-state index >= 15 is 0 Å². The summed E-state index contributed by atoms with van der Waals surface area (Å²) in [5.74, 6) is 0.908. The van der Waals surface area contributed by atoms with Gasteiger partial charge in [0.1, 0.15) is 0 Å². The molecule has 172 valence electrons. The lowest BCUT2D eigenvalue weighted by molar-refractivity contribution is 0.564. The molecule has 0 aliphatic rings. The summed E-state index contributed by atoms with van der Waals surface area (Å²) in [4.78, 5) is 0. The van der Waals surface area contributed by atoms with Gasteiger partial charge in [-0.2, -0.15) is 0 Å². The van der Waals surface area contributed by atoms with Crippen molar-refractivity contribution in [2.75, 3.05) is 0 Å². The zero-order chi connectivity index (χ0) is 23.9. The van der Waals surface area contributed by atoms with E-state index in [-0.39, 0.29) is 5.92 Å². The van der Waals surface area contributed by atoms with Crippen molar-refractivity contribution in [1.82, 2.24) is 0 Å². The van der Waals surface area contributed by atoms with Gasteiger partial charge in [0.05, 0.1) is 0 Å². The van der Waals surface area contributed by atoms with Crippen molar-refractivity contribution in [3.63, 3.8) is 0 Å². The summed E-state index contributed by atoms with van der Waals surface area (Å²) in [7, 11) is 0. The Morgan fingerprint density at radius 3 is 1.40 bits per heavy atom. The molecule has 0 N–H and O–H groups in total. The van der Waals surface area contributed by atoms with E-state index < -0.39 is 0 Å². The molecular formula is C35H32.